The van der Waals surface area contributed by atoms with Crippen LogP contribution in [0.4, 0.5) is 0 Å². The minimum absolute atomic E-state index is 0.0508. The predicted octanol–water partition coefficient (Wildman–Crippen LogP) is 4.02. The summed E-state index contributed by atoms with van der Waals surface area (Å²) in [7, 11) is 0. The van der Waals surface area contributed by atoms with Crippen molar-refractivity contribution in [2.45, 2.75) is 6.92 Å². The molecule has 0 aliphatic rings. The Bertz CT molecular complexity index is 491. The molecule has 0 bridgehead atoms. The van der Waals surface area contributed by atoms with Gasteiger partial charge in [-0.2, -0.15) is 0 Å². The number of hydrogen-bond donors (Lipinski definition) is 1. The number of hydrogen-bond acceptors (Lipinski definition) is 1. The van der Waals surface area contributed by atoms with Gasteiger partial charge in [-0.1, -0.05) is 48.0 Å². The van der Waals surface area contributed by atoms with E-state index in [0.29, 0.717) is 0 Å². The molecule has 1 N–H and O–H groups in total. The van der Waals surface area contributed by atoms with E-state index in [-0.39, 0.29) is 6.61 Å². The van der Waals surface area contributed by atoms with E-state index in [1.54, 1.807) is 0 Å². The van der Waals surface area contributed by atoms with E-state index in [1.165, 1.54) is 9.13 Å². The maximum Gasteiger partial charge on any atom is 0.0621 e. The normalized spacial score (nSPS) is 11.6. The van der Waals surface area contributed by atoms with Gasteiger partial charge in [0.25, 0.3) is 0 Å². The number of rotatable bonds is 3. The summed E-state index contributed by atoms with van der Waals surface area (Å²) in [6.45, 7) is 2.12. The van der Waals surface area contributed by atoms with E-state index in [2.05, 4.69) is 78.0 Å². The molecule has 0 fully saturated rings. The van der Waals surface area contributed by atoms with Crippen molar-refractivity contribution in [1.29, 1.82) is 0 Å². The van der Waals surface area contributed by atoms with Crippen LogP contribution in [0, 0.1) is 10.5 Å². The largest absolute Gasteiger partial charge is 0.392 e. The van der Waals surface area contributed by atoms with Gasteiger partial charge in [-0.3, -0.25) is 0 Å². The third-order valence-corrected chi connectivity index (χ3v) is 3.53. The summed E-state index contributed by atoms with van der Waals surface area (Å²) >= 11 is 2.29. The molecule has 0 atom stereocenters. The molecule has 2 aromatic carbocycles. The highest BCUT2D eigenvalue weighted by atomic mass is 127. The second-order valence-electron chi connectivity index (χ2n) is 4.17. The third kappa shape index (κ3) is 3.21. The zero-order chi connectivity index (χ0) is 13.0. The fraction of sp³-hybridized carbons (Fsp3) is 0.125. The first-order valence-electron chi connectivity index (χ1n) is 5.84. The number of aryl methyl sites for hydroxylation is 1. The quantitative estimate of drug-likeness (QED) is 0.829. The van der Waals surface area contributed by atoms with Crippen LogP contribution in [-0.2, 0) is 0 Å². The lowest BCUT2D eigenvalue weighted by atomic mass is 9.97. The van der Waals surface area contributed by atoms with Crippen LogP contribution in [0.2, 0.25) is 0 Å². The van der Waals surface area contributed by atoms with Crippen molar-refractivity contribution in [2.75, 3.05) is 6.61 Å². The van der Waals surface area contributed by atoms with E-state index >= 15 is 0 Å². The van der Waals surface area contributed by atoms with Gasteiger partial charge < -0.3 is 5.11 Å². The summed E-state index contributed by atoms with van der Waals surface area (Å²) in [5, 5.41) is 9.19. The monoisotopic (exact) mass is 350 g/mol. The molecule has 0 unspecified atom stereocenters. The first kappa shape index (κ1) is 13.3. The van der Waals surface area contributed by atoms with Crippen LogP contribution >= 0.6 is 22.6 Å². The SMILES string of the molecule is Cc1ccc(C(=CCO)c2ccc(I)cc2)cc1. The maximum absolute atomic E-state index is 9.19. The molecule has 92 valence electrons. The molecule has 0 radical (unpaired) electrons. The van der Waals surface area contributed by atoms with Gasteiger partial charge in [-0.15, -0.1) is 0 Å². The second kappa shape index (κ2) is 6.16. The standard InChI is InChI=1S/C16H15IO/c1-12-2-4-13(5-3-12)16(10-11-18)14-6-8-15(17)9-7-14/h2-10,18H,11H2,1H3. The van der Waals surface area contributed by atoms with Gasteiger partial charge in [0.1, 0.15) is 0 Å². The molecule has 0 spiro atoms. The summed E-state index contributed by atoms with van der Waals surface area (Å²) in [6.07, 6.45) is 1.85. The Morgan fingerprint density at radius 1 is 1.00 bits per heavy atom. The molecule has 18 heavy (non-hydrogen) atoms. The van der Waals surface area contributed by atoms with Gasteiger partial charge in [0, 0.05) is 3.57 Å². The van der Waals surface area contributed by atoms with E-state index in [1.807, 2.05) is 6.08 Å². The van der Waals surface area contributed by atoms with Gasteiger partial charge in [-0.05, 0) is 58.3 Å². The molecule has 0 aliphatic heterocycles. The van der Waals surface area contributed by atoms with Gasteiger partial charge in [0.05, 0.1) is 6.61 Å². The van der Waals surface area contributed by atoms with Crippen molar-refractivity contribution in [3.05, 3.63) is 74.9 Å². The molecule has 0 saturated carbocycles. The Kier molecular flexibility index (Phi) is 4.55. The molecule has 0 heterocycles. The van der Waals surface area contributed by atoms with Crippen LogP contribution in [-0.4, -0.2) is 11.7 Å². The number of aliphatic hydroxyl groups excluding tert-OH is 1. The van der Waals surface area contributed by atoms with Crippen LogP contribution in [0.25, 0.3) is 5.57 Å². The van der Waals surface area contributed by atoms with Gasteiger partial charge in [0.2, 0.25) is 0 Å². The van der Waals surface area contributed by atoms with Crippen molar-refractivity contribution in [3.63, 3.8) is 0 Å². The summed E-state index contributed by atoms with van der Waals surface area (Å²) in [5.74, 6) is 0. The van der Waals surface area contributed by atoms with Crippen molar-refractivity contribution >= 4 is 28.2 Å². The summed E-state index contributed by atoms with van der Waals surface area (Å²) in [4.78, 5) is 0. The van der Waals surface area contributed by atoms with Gasteiger partial charge in [0.15, 0.2) is 0 Å². The number of halogens is 1. The predicted molar refractivity (Wildman–Crippen MR) is 84.5 cm³/mol. The second-order valence-corrected chi connectivity index (χ2v) is 5.42. The maximum atomic E-state index is 9.19. The zero-order valence-corrected chi connectivity index (χ0v) is 12.4. The zero-order valence-electron chi connectivity index (χ0n) is 10.2. The molecule has 2 rings (SSSR count). The molecular formula is C16H15IO. The number of benzene rings is 2. The summed E-state index contributed by atoms with van der Waals surface area (Å²) in [6, 6.07) is 16.7. The Morgan fingerprint density at radius 3 is 2.00 bits per heavy atom. The smallest absolute Gasteiger partial charge is 0.0621 e. The topological polar surface area (TPSA) is 20.2 Å². The highest BCUT2D eigenvalue weighted by Crippen LogP contribution is 2.24. The van der Waals surface area contributed by atoms with Crippen molar-refractivity contribution < 1.29 is 5.11 Å². The van der Waals surface area contributed by atoms with Crippen LogP contribution in [0.5, 0.6) is 0 Å². The molecule has 0 aliphatic carbocycles. The Balaban J connectivity index is 2.43. The van der Waals surface area contributed by atoms with Crippen molar-refractivity contribution in [1.82, 2.24) is 0 Å². The van der Waals surface area contributed by atoms with E-state index in [4.69, 9.17) is 0 Å². The van der Waals surface area contributed by atoms with E-state index < -0.39 is 0 Å². The Hall–Kier alpha value is -1.13. The lowest BCUT2D eigenvalue weighted by Gasteiger charge is -2.09. The Morgan fingerprint density at radius 2 is 1.50 bits per heavy atom. The molecule has 0 aromatic heterocycles. The highest BCUT2D eigenvalue weighted by molar-refractivity contribution is 14.1. The van der Waals surface area contributed by atoms with Crippen LogP contribution < -0.4 is 0 Å². The summed E-state index contributed by atoms with van der Waals surface area (Å²) < 4.78 is 1.21. The lowest BCUT2D eigenvalue weighted by Crippen LogP contribution is -1.90. The lowest BCUT2D eigenvalue weighted by molar-refractivity contribution is 0.343. The molecule has 2 aromatic rings. The minimum Gasteiger partial charge on any atom is -0.392 e. The average Bonchev–Trinajstić information content (AvgIpc) is 2.39. The summed E-state index contributed by atoms with van der Waals surface area (Å²) in [5.41, 5.74) is 4.59. The minimum atomic E-state index is 0.0508. The van der Waals surface area contributed by atoms with Crippen LogP contribution in [0.1, 0.15) is 16.7 Å². The molecule has 2 heteroatoms. The van der Waals surface area contributed by atoms with E-state index in [9.17, 15) is 5.11 Å². The van der Waals surface area contributed by atoms with Crippen molar-refractivity contribution in [2.24, 2.45) is 0 Å². The van der Waals surface area contributed by atoms with Crippen LogP contribution in [0.3, 0.4) is 0 Å². The number of aliphatic hydroxyl groups is 1. The first-order chi connectivity index (χ1) is 8.70. The molecule has 0 amide bonds. The highest BCUT2D eigenvalue weighted by Gasteiger charge is 2.04. The fourth-order valence-corrected chi connectivity index (χ4v) is 2.22. The molecular weight excluding hydrogens is 335 g/mol. The van der Waals surface area contributed by atoms with Crippen molar-refractivity contribution in [3.8, 4) is 0 Å². The van der Waals surface area contributed by atoms with Crippen LogP contribution in [0.15, 0.2) is 54.6 Å². The Labute approximate surface area is 121 Å². The fourth-order valence-electron chi connectivity index (χ4n) is 1.86. The molecule has 1 nitrogen and oxygen atoms in total. The van der Waals surface area contributed by atoms with Gasteiger partial charge in [-0.25, -0.2) is 0 Å². The third-order valence-electron chi connectivity index (χ3n) is 2.81. The van der Waals surface area contributed by atoms with E-state index in [0.717, 1.165) is 16.7 Å². The molecule has 0 saturated heterocycles. The average molecular weight is 350 g/mol. The van der Waals surface area contributed by atoms with Gasteiger partial charge >= 0.3 is 0 Å². The first-order valence-corrected chi connectivity index (χ1v) is 6.92.